The number of aliphatic imine (C=N–C) groups is 1. The first-order chi connectivity index (χ1) is 23.3. The molecule has 0 saturated carbocycles. The first kappa shape index (κ1) is 34.6. The van der Waals surface area contributed by atoms with Gasteiger partial charge in [0.15, 0.2) is 0 Å². The van der Waals surface area contributed by atoms with Crippen LogP contribution in [0, 0.1) is 5.92 Å². The maximum absolute atomic E-state index is 13.3. The summed E-state index contributed by atoms with van der Waals surface area (Å²) in [5, 5.41) is 5.14. The van der Waals surface area contributed by atoms with E-state index in [9.17, 15) is 24.0 Å². The third-order valence-corrected chi connectivity index (χ3v) is 9.75. The van der Waals surface area contributed by atoms with Crippen molar-refractivity contribution in [2.75, 3.05) is 62.8 Å². The fourth-order valence-corrected chi connectivity index (χ4v) is 6.89. The van der Waals surface area contributed by atoms with Gasteiger partial charge in [0.25, 0.3) is 11.8 Å². The molecule has 1 unspecified atom stereocenters. The van der Waals surface area contributed by atoms with Crippen molar-refractivity contribution >= 4 is 53.7 Å². The van der Waals surface area contributed by atoms with E-state index in [4.69, 9.17) is 15.5 Å². The number of likely N-dealkylation sites (tertiary alicyclic amines) is 1. The number of aldehydes is 1. The highest BCUT2D eigenvalue weighted by Crippen LogP contribution is 2.33. The minimum absolute atomic E-state index is 0.0731. The summed E-state index contributed by atoms with van der Waals surface area (Å²) in [6.45, 7) is 4.77. The number of carbonyl (C=O) groups is 5. The molecule has 0 aromatic heterocycles. The van der Waals surface area contributed by atoms with Crippen LogP contribution in [0.3, 0.4) is 0 Å². The van der Waals surface area contributed by atoms with Crippen molar-refractivity contribution in [2.24, 2.45) is 10.9 Å². The van der Waals surface area contributed by atoms with E-state index in [0.29, 0.717) is 46.9 Å². The normalized spacial score (nSPS) is 18.2. The number of nitrogens with zero attached hydrogens (tertiary/aromatic N) is 4. The maximum atomic E-state index is 13.3. The van der Waals surface area contributed by atoms with E-state index in [0.717, 1.165) is 81.0 Å². The molecule has 3 heterocycles. The molecule has 4 N–H and O–H groups in total. The Kier molecular flexibility index (Phi) is 11.4. The van der Waals surface area contributed by atoms with Gasteiger partial charge in [0.1, 0.15) is 18.1 Å². The van der Waals surface area contributed by atoms with Gasteiger partial charge < -0.3 is 35.7 Å². The number of methoxy groups -OCH3 is 1. The molecule has 3 aliphatic rings. The van der Waals surface area contributed by atoms with Crippen molar-refractivity contribution < 1.29 is 28.7 Å². The molecule has 0 bridgehead atoms. The molecule has 48 heavy (non-hydrogen) atoms. The molecule has 0 radical (unpaired) electrons. The number of amides is 4. The Morgan fingerprint density at radius 1 is 1.04 bits per heavy atom. The first-order valence-electron chi connectivity index (χ1n) is 16.6. The van der Waals surface area contributed by atoms with Gasteiger partial charge in [-0.2, -0.15) is 0 Å². The van der Waals surface area contributed by atoms with Crippen LogP contribution in [0.5, 0.6) is 5.75 Å². The van der Waals surface area contributed by atoms with Crippen LogP contribution in [-0.2, 0) is 14.4 Å². The number of anilines is 3. The molecule has 0 aliphatic carbocycles. The molecule has 2 saturated heterocycles. The highest BCUT2D eigenvalue weighted by molar-refractivity contribution is 6.23. The Labute approximate surface area is 280 Å². The molecule has 13 heteroatoms. The molecule has 13 nitrogen and oxygen atoms in total. The lowest BCUT2D eigenvalue weighted by atomic mass is 9.92. The average Bonchev–Trinajstić information content (AvgIpc) is 3.36. The fraction of sp³-hybridized carbons (Fsp3) is 0.486. The molecule has 2 fully saturated rings. The van der Waals surface area contributed by atoms with Crippen molar-refractivity contribution in [3.8, 4) is 5.75 Å². The quantitative estimate of drug-likeness (QED) is 0.120. The summed E-state index contributed by atoms with van der Waals surface area (Å²) in [5.74, 6) is -0.344. The lowest BCUT2D eigenvalue weighted by molar-refractivity contribution is -0.124. The molecule has 4 amide bonds. The summed E-state index contributed by atoms with van der Waals surface area (Å²) in [5.41, 5.74) is 9.51. The van der Waals surface area contributed by atoms with E-state index in [-0.39, 0.29) is 18.9 Å². The third kappa shape index (κ3) is 7.67. The average molecular weight is 660 g/mol. The molecule has 2 aromatic rings. The summed E-state index contributed by atoms with van der Waals surface area (Å²) < 4.78 is 5.29. The van der Waals surface area contributed by atoms with Gasteiger partial charge >= 0.3 is 0 Å². The number of likely N-dealkylation sites (N-methyl/N-ethyl adjacent to an activating group) is 1. The van der Waals surface area contributed by atoms with Crippen LogP contribution in [0.2, 0.25) is 0 Å². The molecule has 256 valence electrons. The number of imide groups is 1. The van der Waals surface area contributed by atoms with Crippen molar-refractivity contribution in [1.29, 1.82) is 0 Å². The van der Waals surface area contributed by atoms with Gasteiger partial charge in [0.05, 0.1) is 30.0 Å². The van der Waals surface area contributed by atoms with Gasteiger partial charge in [0.2, 0.25) is 12.3 Å². The van der Waals surface area contributed by atoms with Crippen LogP contribution >= 0.6 is 0 Å². The molecular weight excluding hydrogens is 614 g/mol. The van der Waals surface area contributed by atoms with E-state index < -0.39 is 23.8 Å². The van der Waals surface area contributed by atoms with E-state index in [1.807, 2.05) is 6.07 Å². The summed E-state index contributed by atoms with van der Waals surface area (Å²) >= 11 is 0. The Morgan fingerprint density at radius 3 is 2.44 bits per heavy atom. The van der Waals surface area contributed by atoms with Gasteiger partial charge in [-0.25, -0.2) is 0 Å². The number of carbonyl (C=O) groups excluding carboxylic acids is 5. The van der Waals surface area contributed by atoms with Gasteiger partial charge in [-0.15, -0.1) is 0 Å². The third-order valence-electron chi connectivity index (χ3n) is 9.75. The Bertz CT molecular complexity index is 1550. The molecule has 5 rings (SSSR count). The molecule has 2 aromatic carbocycles. The minimum Gasteiger partial charge on any atom is -0.494 e. The SMILES string of the molecule is CNC(=O)C(CCC=O)N1C(=O)c2ccc(N3CCC(CCN4CCC(N=Cc5cc(NC=O)c(OC)cc5N)CC4)CC3)cc2C1=O. The predicted molar refractivity (Wildman–Crippen MR) is 184 cm³/mol. The molecule has 3 aliphatic heterocycles. The summed E-state index contributed by atoms with van der Waals surface area (Å²) in [6.07, 6.45) is 8.42. The van der Waals surface area contributed by atoms with Crippen molar-refractivity contribution in [2.45, 2.75) is 57.0 Å². The Hall–Kier alpha value is -4.78. The number of nitrogens with one attached hydrogen (secondary N) is 2. The summed E-state index contributed by atoms with van der Waals surface area (Å²) in [7, 11) is 2.98. The van der Waals surface area contributed by atoms with Gasteiger partial charge in [-0.1, -0.05) is 0 Å². The van der Waals surface area contributed by atoms with Gasteiger partial charge in [0, 0.05) is 68.9 Å². The zero-order valence-electron chi connectivity index (χ0n) is 27.7. The van der Waals surface area contributed by atoms with Gasteiger partial charge in [-0.05, 0) is 75.3 Å². The number of piperidine rings is 2. The van der Waals surface area contributed by atoms with Crippen LogP contribution in [0.15, 0.2) is 35.3 Å². The van der Waals surface area contributed by atoms with Crippen LogP contribution in [0.1, 0.15) is 71.2 Å². The Balaban J connectivity index is 1.08. The van der Waals surface area contributed by atoms with Crippen molar-refractivity contribution in [1.82, 2.24) is 15.1 Å². The summed E-state index contributed by atoms with van der Waals surface area (Å²) in [4.78, 5) is 71.4. The molecule has 1 atom stereocenters. The molecule has 0 spiro atoms. The van der Waals surface area contributed by atoms with E-state index in [2.05, 4.69) is 20.4 Å². The first-order valence-corrected chi connectivity index (χ1v) is 16.6. The van der Waals surface area contributed by atoms with Crippen LogP contribution < -0.4 is 26.0 Å². The second kappa shape index (κ2) is 15.9. The number of benzene rings is 2. The van der Waals surface area contributed by atoms with E-state index in [1.165, 1.54) is 14.2 Å². The summed E-state index contributed by atoms with van der Waals surface area (Å²) in [6, 6.07) is 7.99. The van der Waals surface area contributed by atoms with Crippen molar-refractivity contribution in [3.05, 3.63) is 47.0 Å². The van der Waals surface area contributed by atoms with Crippen LogP contribution in [0.25, 0.3) is 0 Å². The molecular formula is C35H45N7O6. The Morgan fingerprint density at radius 2 is 1.77 bits per heavy atom. The van der Waals surface area contributed by atoms with Crippen LogP contribution in [0.4, 0.5) is 17.1 Å². The number of nitrogen functional groups attached to an aromatic ring is 1. The minimum atomic E-state index is -1.02. The van der Waals surface area contributed by atoms with Crippen LogP contribution in [-0.4, -0.2) is 105 Å². The lowest BCUT2D eigenvalue weighted by Gasteiger charge is -2.36. The highest BCUT2D eigenvalue weighted by Gasteiger charge is 2.42. The zero-order chi connectivity index (χ0) is 34.2. The smallest absolute Gasteiger partial charge is 0.262 e. The second-order valence-corrected chi connectivity index (χ2v) is 12.6. The largest absolute Gasteiger partial charge is 0.494 e. The maximum Gasteiger partial charge on any atom is 0.262 e. The number of hydrogen-bond donors (Lipinski definition) is 3. The number of fused-ring (bicyclic) bond motifs is 1. The number of ether oxygens (including phenoxy) is 1. The zero-order valence-corrected chi connectivity index (χ0v) is 27.7. The van der Waals surface area contributed by atoms with E-state index >= 15 is 0 Å². The standard InChI is InChI=1S/C35H45N7O6/c1-37-33(45)31(4-3-17-43)42-34(46)27-6-5-26(19-28(27)35(42)47)41-15-8-23(9-16-41)7-12-40-13-10-25(11-14-40)38-21-24-18-30(39-22-44)32(48-2)20-29(24)36/h5-6,17-23,25,31H,3-4,7-16,36H2,1-2H3,(H,37,45)(H,39,44). The highest BCUT2D eigenvalue weighted by atomic mass is 16.5. The van der Waals surface area contributed by atoms with E-state index in [1.54, 1.807) is 30.5 Å². The second-order valence-electron chi connectivity index (χ2n) is 12.6. The number of nitrogens with two attached hydrogens (primary N) is 1. The number of rotatable bonds is 14. The monoisotopic (exact) mass is 659 g/mol. The van der Waals surface area contributed by atoms with Crippen molar-refractivity contribution in [3.63, 3.8) is 0 Å². The number of hydrogen-bond acceptors (Lipinski definition) is 10. The topological polar surface area (TPSA) is 167 Å². The predicted octanol–water partition coefficient (Wildman–Crippen LogP) is 2.73. The fourth-order valence-electron chi connectivity index (χ4n) is 6.89. The van der Waals surface area contributed by atoms with Gasteiger partial charge in [-0.3, -0.25) is 29.1 Å². The lowest BCUT2D eigenvalue weighted by Crippen LogP contribution is -2.48.